The Labute approximate surface area is 178 Å². The number of hydrogen-bond acceptors (Lipinski definition) is 3. The van der Waals surface area contributed by atoms with Gasteiger partial charge < -0.3 is 5.73 Å². The summed E-state index contributed by atoms with van der Waals surface area (Å²) in [6.45, 7) is 0. The summed E-state index contributed by atoms with van der Waals surface area (Å²) < 4.78 is 40.2. The molecule has 0 amide bonds. The van der Waals surface area contributed by atoms with Gasteiger partial charge in [0, 0.05) is 0 Å². The van der Waals surface area contributed by atoms with E-state index in [2.05, 4.69) is 5.10 Å². The first kappa shape index (κ1) is 20.1. The highest BCUT2D eigenvalue weighted by Crippen LogP contribution is 2.41. The Morgan fingerprint density at radius 2 is 1.63 bits per heavy atom. The zero-order valence-electron chi connectivity index (χ0n) is 15.0. The Bertz CT molecular complexity index is 1310. The molecule has 0 atom stereocenters. The van der Waals surface area contributed by atoms with Gasteiger partial charge in [-0.25, -0.2) is 4.68 Å². The van der Waals surface area contributed by atoms with Crippen molar-refractivity contribution >= 4 is 39.8 Å². The number of alkyl halides is 3. The average molecular weight is 447 g/mol. The minimum Gasteiger partial charge on any atom is -0.383 e. The van der Waals surface area contributed by atoms with Crippen LogP contribution in [0.3, 0.4) is 0 Å². The maximum atomic E-state index is 13.0. The number of nitriles is 1. The van der Waals surface area contributed by atoms with E-state index in [0.717, 1.165) is 27.6 Å². The Morgan fingerprint density at radius 1 is 1.00 bits per heavy atom. The molecule has 30 heavy (non-hydrogen) atoms. The summed E-state index contributed by atoms with van der Waals surface area (Å²) in [6, 6.07) is 16.5. The third-order valence-corrected chi connectivity index (χ3v) is 5.22. The summed E-state index contributed by atoms with van der Waals surface area (Å²) in [4.78, 5) is 0. The molecule has 0 aliphatic heterocycles. The van der Waals surface area contributed by atoms with Gasteiger partial charge in [-0.15, -0.1) is 0 Å². The molecule has 0 spiro atoms. The van der Waals surface area contributed by atoms with Gasteiger partial charge in [0.2, 0.25) is 0 Å². The van der Waals surface area contributed by atoms with E-state index in [-0.39, 0.29) is 27.2 Å². The molecule has 1 aromatic heterocycles. The first-order chi connectivity index (χ1) is 14.2. The molecule has 9 heteroatoms. The second-order valence-corrected chi connectivity index (χ2v) is 7.26. The fraction of sp³-hybridized carbons (Fsp3) is 0.0476. The second-order valence-electron chi connectivity index (χ2n) is 6.45. The van der Waals surface area contributed by atoms with Gasteiger partial charge in [0.15, 0.2) is 5.69 Å². The molecular weight excluding hydrogens is 436 g/mol. The van der Waals surface area contributed by atoms with Crippen molar-refractivity contribution in [3.8, 4) is 22.9 Å². The number of nitrogens with two attached hydrogens (primary N) is 1. The fourth-order valence-electron chi connectivity index (χ4n) is 3.32. The van der Waals surface area contributed by atoms with Crippen LogP contribution in [-0.2, 0) is 6.18 Å². The number of nitrogen functional groups attached to an aromatic ring is 1. The van der Waals surface area contributed by atoms with Crippen LogP contribution < -0.4 is 5.73 Å². The van der Waals surface area contributed by atoms with E-state index in [1.54, 1.807) is 6.07 Å². The van der Waals surface area contributed by atoms with E-state index >= 15 is 0 Å². The molecule has 0 fully saturated rings. The number of fused-ring (bicyclic) bond motifs is 1. The Hall–Kier alpha value is -3.21. The van der Waals surface area contributed by atoms with Crippen LogP contribution in [0.1, 0.15) is 11.3 Å². The van der Waals surface area contributed by atoms with Gasteiger partial charge in [0.1, 0.15) is 17.6 Å². The Balaban J connectivity index is 1.98. The number of hydrogen-bond donors (Lipinski definition) is 1. The van der Waals surface area contributed by atoms with Crippen molar-refractivity contribution in [2.75, 3.05) is 5.73 Å². The van der Waals surface area contributed by atoms with Gasteiger partial charge in [0.05, 0.1) is 21.2 Å². The van der Waals surface area contributed by atoms with E-state index in [1.807, 2.05) is 42.5 Å². The van der Waals surface area contributed by atoms with E-state index in [9.17, 15) is 18.4 Å². The maximum absolute atomic E-state index is 13.0. The fourth-order valence-corrected chi connectivity index (χ4v) is 3.97. The van der Waals surface area contributed by atoms with Crippen LogP contribution in [0.25, 0.3) is 27.6 Å². The smallest absolute Gasteiger partial charge is 0.383 e. The Kier molecular flexibility index (Phi) is 4.85. The van der Waals surface area contributed by atoms with Crippen molar-refractivity contribution in [1.29, 1.82) is 5.26 Å². The molecule has 3 aromatic carbocycles. The van der Waals surface area contributed by atoms with E-state index in [1.165, 1.54) is 0 Å². The monoisotopic (exact) mass is 446 g/mol. The molecule has 4 aromatic rings. The number of aromatic nitrogens is 2. The van der Waals surface area contributed by atoms with Crippen LogP contribution in [0.2, 0.25) is 10.0 Å². The zero-order valence-corrected chi connectivity index (χ0v) is 16.5. The molecular formula is C21H11Cl2F3N4. The molecule has 0 bridgehead atoms. The molecule has 0 aliphatic carbocycles. The van der Waals surface area contributed by atoms with Crippen LogP contribution in [0.4, 0.5) is 19.0 Å². The third-order valence-electron chi connectivity index (χ3n) is 4.64. The predicted octanol–water partition coefficient (Wildman–Crippen LogP) is 6.47. The van der Waals surface area contributed by atoms with Crippen molar-refractivity contribution in [2.45, 2.75) is 6.18 Å². The highest BCUT2D eigenvalue weighted by molar-refractivity contribution is 6.38. The van der Waals surface area contributed by atoms with Gasteiger partial charge in [-0.3, -0.25) is 0 Å². The first-order valence-corrected chi connectivity index (χ1v) is 9.31. The summed E-state index contributed by atoms with van der Waals surface area (Å²) >= 11 is 12.2. The maximum Gasteiger partial charge on any atom is 0.416 e. The molecule has 1 heterocycles. The number of anilines is 1. The molecule has 0 radical (unpaired) electrons. The lowest BCUT2D eigenvalue weighted by Gasteiger charge is -2.13. The second kappa shape index (κ2) is 7.24. The lowest BCUT2D eigenvalue weighted by atomic mass is 9.98. The number of rotatable bonds is 2. The number of benzene rings is 3. The van der Waals surface area contributed by atoms with Gasteiger partial charge in [-0.05, 0) is 28.5 Å². The highest BCUT2D eigenvalue weighted by atomic mass is 35.5. The van der Waals surface area contributed by atoms with Crippen molar-refractivity contribution < 1.29 is 13.2 Å². The summed E-state index contributed by atoms with van der Waals surface area (Å²) in [7, 11) is 0. The zero-order chi connectivity index (χ0) is 21.6. The lowest BCUT2D eigenvalue weighted by Crippen LogP contribution is -2.08. The molecule has 150 valence electrons. The number of nitrogens with zero attached hydrogens (tertiary/aromatic N) is 3. The van der Waals surface area contributed by atoms with Gasteiger partial charge in [0.25, 0.3) is 0 Å². The SMILES string of the molecule is N#Cc1nn(-c2c(Cl)cc(C(F)(F)F)cc2Cl)c(N)c1-c1cccc2ccccc12. The standard InChI is InChI=1S/C21H11Cl2F3N4/c22-15-8-12(21(24,25)26)9-16(23)19(15)30-20(28)18(17(10-27)29-30)14-7-3-5-11-4-1-2-6-13(11)14/h1-9H,28H2. The van der Waals surface area contributed by atoms with E-state index < -0.39 is 11.7 Å². The Morgan fingerprint density at radius 3 is 2.27 bits per heavy atom. The predicted molar refractivity (Wildman–Crippen MR) is 111 cm³/mol. The first-order valence-electron chi connectivity index (χ1n) is 8.55. The number of halogens is 5. The van der Waals surface area contributed by atoms with Crippen molar-refractivity contribution in [2.24, 2.45) is 0 Å². The molecule has 0 aliphatic rings. The lowest BCUT2D eigenvalue weighted by molar-refractivity contribution is -0.137. The minimum atomic E-state index is -4.62. The van der Waals surface area contributed by atoms with E-state index in [0.29, 0.717) is 11.1 Å². The van der Waals surface area contributed by atoms with E-state index in [4.69, 9.17) is 28.9 Å². The van der Waals surface area contributed by atoms with Crippen LogP contribution in [0.5, 0.6) is 0 Å². The summed E-state index contributed by atoms with van der Waals surface area (Å²) in [6.07, 6.45) is -4.62. The molecule has 4 rings (SSSR count). The van der Waals surface area contributed by atoms with Crippen LogP contribution in [0.15, 0.2) is 54.6 Å². The average Bonchev–Trinajstić information content (AvgIpc) is 3.02. The molecule has 4 nitrogen and oxygen atoms in total. The van der Waals surface area contributed by atoms with Gasteiger partial charge in [-0.1, -0.05) is 65.7 Å². The molecule has 0 unspecified atom stereocenters. The summed E-state index contributed by atoms with van der Waals surface area (Å²) in [5, 5.41) is 15.0. The molecule has 0 saturated carbocycles. The molecule has 2 N–H and O–H groups in total. The highest BCUT2D eigenvalue weighted by Gasteiger charge is 2.33. The van der Waals surface area contributed by atoms with Crippen molar-refractivity contribution in [3.05, 3.63) is 75.9 Å². The minimum absolute atomic E-state index is 0.00381. The largest absolute Gasteiger partial charge is 0.416 e. The van der Waals surface area contributed by atoms with Crippen molar-refractivity contribution in [3.63, 3.8) is 0 Å². The quantitative estimate of drug-likeness (QED) is 0.383. The molecule has 0 saturated heterocycles. The van der Waals surface area contributed by atoms with Crippen molar-refractivity contribution in [1.82, 2.24) is 9.78 Å². The van der Waals surface area contributed by atoms with Crippen LogP contribution >= 0.6 is 23.2 Å². The topological polar surface area (TPSA) is 67.6 Å². The van der Waals surface area contributed by atoms with Crippen LogP contribution in [-0.4, -0.2) is 9.78 Å². The third kappa shape index (κ3) is 3.24. The van der Waals surface area contributed by atoms with Gasteiger partial charge in [-0.2, -0.15) is 23.5 Å². The van der Waals surface area contributed by atoms with Gasteiger partial charge >= 0.3 is 6.18 Å². The summed E-state index contributed by atoms with van der Waals surface area (Å²) in [5.74, 6) is 0.0338. The summed E-state index contributed by atoms with van der Waals surface area (Å²) in [5.41, 5.74) is 6.28. The normalized spacial score (nSPS) is 11.6. The van der Waals surface area contributed by atoms with Crippen LogP contribution in [0, 0.1) is 11.3 Å².